The molecule has 0 bridgehead atoms. The molecule has 1 saturated carbocycles. The van der Waals surface area contributed by atoms with Crippen molar-refractivity contribution in [1.82, 2.24) is 14.8 Å². The minimum absolute atomic E-state index is 0.0391. The van der Waals surface area contributed by atoms with Crippen LogP contribution in [0.4, 0.5) is 0 Å². The molecule has 31 heavy (non-hydrogen) atoms. The molecule has 0 unspecified atom stereocenters. The maximum absolute atomic E-state index is 13.2. The molecule has 4 rings (SSSR count). The van der Waals surface area contributed by atoms with Gasteiger partial charge in [0.05, 0.1) is 25.7 Å². The van der Waals surface area contributed by atoms with E-state index in [1.807, 2.05) is 47.4 Å². The average Bonchev–Trinajstić information content (AvgIpc) is 2.98. The number of pyridine rings is 1. The Kier molecular flexibility index (Phi) is 7.30. The van der Waals surface area contributed by atoms with Crippen molar-refractivity contribution in [2.75, 3.05) is 19.6 Å². The first kappa shape index (κ1) is 21.5. The van der Waals surface area contributed by atoms with E-state index in [4.69, 9.17) is 4.74 Å². The molecule has 1 aromatic heterocycles. The van der Waals surface area contributed by atoms with Crippen LogP contribution in [0.3, 0.4) is 0 Å². The average molecular weight is 422 g/mol. The van der Waals surface area contributed by atoms with Gasteiger partial charge in [0.2, 0.25) is 11.8 Å². The first-order chi connectivity index (χ1) is 15.2. The van der Waals surface area contributed by atoms with Crippen LogP contribution >= 0.6 is 0 Å². The summed E-state index contributed by atoms with van der Waals surface area (Å²) in [5, 5.41) is 0. The first-order valence-corrected chi connectivity index (χ1v) is 11.3. The van der Waals surface area contributed by atoms with Crippen LogP contribution in [0, 0.1) is 0 Å². The number of benzene rings is 1. The summed E-state index contributed by atoms with van der Waals surface area (Å²) >= 11 is 0. The highest BCUT2D eigenvalue weighted by molar-refractivity contribution is 5.86. The molecule has 0 radical (unpaired) electrons. The summed E-state index contributed by atoms with van der Waals surface area (Å²) < 4.78 is 6.25. The molecule has 2 fully saturated rings. The standard InChI is InChI=1S/C25H31N3O3/c29-24(14-21-10-7-13-26-15-21)27-16-23(31-19-20-8-3-1-4-9-20)17-28(25(30)18-27)22-11-5-2-6-12-22/h1,3-4,7-10,13,15,22-23H,2,5-6,11-12,14,16-19H2/t23-/m0/s1. The molecule has 1 aromatic carbocycles. The van der Waals surface area contributed by atoms with Gasteiger partial charge in [-0.15, -0.1) is 0 Å². The van der Waals surface area contributed by atoms with Crippen LogP contribution in [0.15, 0.2) is 54.9 Å². The summed E-state index contributed by atoms with van der Waals surface area (Å²) in [4.78, 5) is 34.0. The Balaban J connectivity index is 1.48. The molecular formula is C25H31N3O3. The van der Waals surface area contributed by atoms with Crippen LogP contribution in [0.1, 0.15) is 43.2 Å². The third-order valence-corrected chi connectivity index (χ3v) is 6.25. The minimum atomic E-state index is -0.202. The van der Waals surface area contributed by atoms with Gasteiger partial charge in [-0.05, 0) is 30.0 Å². The van der Waals surface area contributed by atoms with Crippen molar-refractivity contribution >= 4 is 11.8 Å². The number of ether oxygens (including phenoxy) is 1. The number of carbonyl (C=O) groups is 2. The van der Waals surface area contributed by atoms with E-state index >= 15 is 0 Å². The van der Waals surface area contributed by atoms with E-state index in [-0.39, 0.29) is 36.9 Å². The normalized spacial score (nSPS) is 20.5. The van der Waals surface area contributed by atoms with Gasteiger partial charge < -0.3 is 14.5 Å². The smallest absolute Gasteiger partial charge is 0.242 e. The van der Waals surface area contributed by atoms with Crippen molar-refractivity contribution in [2.45, 2.75) is 57.3 Å². The summed E-state index contributed by atoms with van der Waals surface area (Å²) in [6.07, 6.45) is 9.08. The quantitative estimate of drug-likeness (QED) is 0.719. The Bertz CT molecular complexity index is 853. The SMILES string of the molecule is O=C(Cc1cccnc1)N1CC(=O)N(C2CCCCC2)C[C@@H](OCc2ccccc2)C1. The fourth-order valence-corrected chi connectivity index (χ4v) is 4.56. The lowest BCUT2D eigenvalue weighted by Crippen LogP contribution is -2.46. The molecule has 0 spiro atoms. The third kappa shape index (κ3) is 5.91. The maximum Gasteiger partial charge on any atom is 0.242 e. The molecule has 6 heteroatoms. The van der Waals surface area contributed by atoms with Crippen molar-refractivity contribution < 1.29 is 14.3 Å². The number of hydrogen-bond acceptors (Lipinski definition) is 4. The molecule has 2 aliphatic rings. The summed E-state index contributed by atoms with van der Waals surface area (Å²) in [6, 6.07) is 14.0. The molecule has 1 atom stereocenters. The lowest BCUT2D eigenvalue weighted by atomic mass is 9.94. The summed E-state index contributed by atoms with van der Waals surface area (Å²) in [7, 11) is 0. The van der Waals surface area contributed by atoms with E-state index in [2.05, 4.69) is 4.98 Å². The summed E-state index contributed by atoms with van der Waals surface area (Å²) in [5.74, 6) is -0.0163. The van der Waals surface area contributed by atoms with Gasteiger partial charge in [-0.1, -0.05) is 55.7 Å². The minimum Gasteiger partial charge on any atom is -0.370 e. The monoisotopic (exact) mass is 421 g/mol. The topological polar surface area (TPSA) is 62.7 Å². The molecule has 2 amide bonds. The van der Waals surface area contributed by atoms with Gasteiger partial charge in [0.25, 0.3) is 0 Å². The van der Waals surface area contributed by atoms with Gasteiger partial charge in [0.15, 0.2) is 0 Å². The highest BCUT2D eigenvalue weighted by Gasteiger charge is 2.34. The van der Waals surface area contributed by atoms with E-state index in [9.17, 15) is 9.59 Å². The molecule has 0 N–H and O–H groups in total. The van der Waals surface area contributed by atoms with Gasteiger partial charge in [-0.3, -0.25) is 14.6 Å². The van der Waals surface area contributed by atoms with Crippen LogP contribution in [-0.4, -0.2) is 58.4 Å². The third-order valence-electron chi connectivity index (χ3n) is 6.25. The van der Waals surface area contributed by atoms with Crippen LogP contribution in [0.5, 0.6) is 0 Å². The van der Waals surface area contributed by atoms with Gasteiger partial charge in [-0.2, -0.15) is 0 Å². The number of nitrogens with zero attached hydrogens (tertiary/aromatic N) is 3. The number of hydrogen-bond donors (Lipinski definition) is 0. The van der Waals surface area contributed by atoms with Crippen molar-refractivity contribution in [3.63, 3.8) is 0 Å². The second-order valence-electron chi connectivity index (χ2n) is 8.57. The summed E-state index contributed by atoms with van der Waals surface area (Å²) in [6.45, 7) is 1.58. The van der Waals surface area contributed by atoms with Gasteiger partial charge in [-0.25, -0.2) is 0 Å². The van der Waals surface area contributed by atoms with Crippen LogP contribution in [0.2, 0.25) is 0 Å². The molecule has 2 heterocycles. The number of aromatic nitrogens is 1. The Hall–Kier alpha value is -2.73. The second-order valence-corrected chi connectivity index (χ2v) is 8.57. The Morgan fingerprint density at radius 1 is 1.00 bits per heavy atom. The van der Waals surface area contributed by atoms with Crippen molar-refractivity contribution in [1.29, 1.82) is 0 Å². The lowest BCUT2D eigenvalue weighted by molar-refractivity contribution is -0.139. The highest BCUT2D eigenvalue weighted by Crippen LogP contribution is 2.25. The maximum atomic E-state index is 13.2. The zero-order valence-electron chi connectivity index (χ0n) is 18.0. The molecule has 164 valence electrons. The lowest BCUT2D eigenvalue weighted by Gasteiger charge is -2.34. The zero-order valence-corrected chi connectivity index (χ0v) is 18.0. The van der Waals surface area contributed by atoms with Crippen molar-refractivity contribution in [3.8, 4) is 0 Å². The largest absolute Gasteiger partial charge is 0.370 e. The molecule has 6 nitrogen and oxygen atoms in total. The second kappa shape index (κ2) is 10.5. The molecule has 1 saturated heterocycles. The number of rotatable bonds is 6. The van der Waals surface area contributed by atoms with E-state index in [1.165, 1.54) is 6.42 Å². The van der Waals surface area contributed by atoms with E-state index in [0.29, 0.717) is 19.7 Å². The first-order valence-electron chi connectivity index (χ1n) is 11.3. The number of carbonyl (C=O) groups excluding carboxylic acids is 2. The Labute approximate surface area is 184 Å². The van der Waals surface area contributed by atoms with Gasteiger partial charge >= 0.3 is 0 Å². The van der Waals surface area contributed by atoms with Gasteiger partial charge in [0.1, 0.15) is 0 Å². The van der Waals surface area contributed by atoms with Gasteiger partial charge in [0, 0.05) is 31.5 Å². The molecular weight excluding hydrogens is 390 g/mol. The number of amides is 2. The zero-order chi connectivity index (χ0) is 21.5. The van der Waals surface area contributed by atoms with Crippen LogP contribution < -0.4 is 0 Å². The van der Waals surface area contributed by atoms with E-state index in [0.717, 1.165) is 36.8 Å². The Morgan fingerprint density at radius 2 is 1.77 bits per heavy atom. The molecule has 1 aliphatic heterocycles. The fraction of sp³-hybridized carbons (Fsp3) is 0.480. The molecule has 2 aromatic rings. The van der Waals surface area contributed by atoms with E-state index in [1.54, 1.807) is 17.3 Å². The van der Waals surface area contributed by atoms with Crippen LogP contribution in [0.25, 0.3) is 0 Å². The molecule has 1 aliphatic carbocycles. The van der Waals surface area contributed by atoms with Crippen LogP contribution in [-0.2, 0) is 27.4 Å². The van der Waals surface area contributed by atoms with Crippen molar-refractivity contribution in [2.24, 2.45) is 0 Å². The highest BCUT2D eigenvalue weighted by atomic mass is 16.5. The van der Waals surface area contributed by atoms with Crippen molar-refractivity contribution in [3.05, 3.63) is 66.0 Å². The Morgan fingerprint density at radius 3 is 2.52 bits per heavy atom. The fourth-order valence-electron chi connectivity index (χ4n) is 4.56. The van der Waals surface area contributed by atoms with E-state index < -0.39 is 0 Å². The predicted octanol–water partition coefficient (Wildman–Crippen LogP) is 3.21. The predicted molar refractivity (Wildman–Crippen MR) is 118 cm³/mol. The summed E-state index contributed by atoms with van der Waals surface area (Å²) in [5.41, 5.74) is 1.95.